The van der Waals surface area contributed by atoms with E-state index < -0.39 is 0 Å². The Bertz CT molecular complexity index is 449. The first-order valence-corrected chi connectivity index (χ1v) is 9.40. The Hall–Kier alpha value is -0.520. The zero-order valence-electron chi connectivity index (χ0n) is 14.8. The van der Waals surface area contributed by atoms with Gasteiger partial charge in [0.2, 0.25) is 0 Å². The minimum absolute atomic E-state index is 0.421. The zero-order chi connectivity index (χ0) is 15.2. The van der Waals surface area contributed by atoms with Crippen molar-refractivity contribution in [2.45, 2.75) is 73.1 Å². The SMILES string of the molecule is CC[C@@]1(C2C[C@H](C)CC[C@H]2C(C)C)C(C)=CC=C1C1CC1. The van der Waals surface area contributed by atoms with Crippen LogP contribution in [0.5, 0.6) is 0 Å². The molecule has 4 atom stereocenters. The molecule has 0 saturated heterocycles. The Morgan fingerprint density at radius 1 is 1.14 bits per heavy atom. The largest absolute Gasteiger partial charge is 0.0642 e. The molecule has 0 N–H and O–H groups in total. The van der Waals surface area contributed by atoms with E-state index in [1.165, 1.54) is 38.5 Å². The third kappa shape index (κ3) is 2.43. The molecule has 0 aliphatic heterocycles. The van der Waals surface area contributed by atoms with E-state index in [9.17, 15) is 0 Å². The van der Waals surface area contributed by atoms with E-state index in [1.807, 2.05) is 5.57 Å². The van der Waals surface area contributed by atoms with Crippen LogP contribution in [0.25, 0.3) is 0 Å². The molecule has 0 bridgehead atoms. The predicted molar refractivity (Wildman–Crippen MR) is 92.1 cm³/mol. The summed E-state index contributed by atoms with van der Waals surface area (Å²) in [6, 6.07) is 0. The van der Waals surface area contributed by atoms with Crippen LogP contribution in [-0.2, 0) is 0 Å². The molecule has 0 amide bonds. The lowest BCUT2D eigenvalue weighted by Gasteiger charge is -2.50. The van der Waals surface area contributed by atoms with Crippen molar-refractivity contribution >= 4 is 0 Å². The van der Waals surface area contributed by atoms with E-state index in [0.29, 0.717) is 5.41 Å². The minimum atomic E-state index is 0.421. The highest BCUT2D eigenvalue weighted by Crippen LogP contribution is 2.61. The molecule has 0 aromatic heterocycles. The Morgan fingerprint density at radius 3 is 2.43 bits per heavy atom. The van der Waals surface area contributed by atoms with Crippen molar-refractivity contribution in [3.05, 3.63) is 23.3 Å². The Morgan fingerprint density at radius 2 is 1.86 bits per heavy atom. The fraction of sp³-hybridized carbons (Fsp3) is 0.810. The van der Waals surface area contributed by atoms with Crippen LogP contribution in [-0.4, -0.2) is 0 Å². The van der Waals surface area contributed by atoms with Crippen LogP contribution < -0.4 is 0 Å². The molecular weight excluding hydrogens is 252 g/mol. The van der Waals surface area contributed by atoms with Crippen LogP contribution in [0.15, 0.2) is 23.3 Å². The molecule has 2 saturated carbocycles. The van der Waals surface area contributed by atoms with E-state index in [2.05, 4.69) is 46.8 Å². The predicted octanol–water partition coefficient (Wildman–Crippen LogP) is 6.39. The number of hydrogen-bond acceptors (Lipinski definition) is 0. The fourth-order valence-corrected chi connectivity index (χ4v) is 5.66. The van der Waals surface area contributed by atoms with Gasteiger partial charge in [0.1, 0.15) is 0 Å². The summed E-state index contributed by atoms with van der Waals surface area (Å²) >= 11 is 0. The van der Waals surface area contributed by atoms with Crippen molar-refractivity contribution in [2.75, 3.05) is 0 Å². The van der Waals surface area contributed by atoms with Gasteiger partial charge in [-0.2, -0.15) is 0 Å². The molecular formula is C21H34. The van der Waals surface area contributed by atoms with Gasteiger partial charge in [-0.25, -0.2) is 0 Å². The van der Waals surface area contributed by atoms with Gasteiger partial charge in [0, 0.05) is 5.41 Å². The molecule has 3 rings (SSSR count). The summed E-state index contributed by atoms with van der Waals surface area (Å²) < 4.78 is 0. The summed E-state index contributed by atoms with van der Waals surface area (Å²) in [5, 5.41) is 0. The molecule has 0 nitrogen and oxygen atoms in total. The second-order valence-electron chi connectivity index (χ2n) is 8.50. The highest BCUT2D eigenvalue weighted by molar-refractivity contribution is 5.44. The first-order valence-electron chi connectivity index (χ1n) is 9.40. The van der Waals surface area contributed by atoms with Gasteiger partial charge in [-0.3, -0.25) is 0 Å². The van der Waals surface area contributed by atoms with Gasteiger partial charge in [-0.15, -0.1) is 0 Å². The van der Waals surface area contributed by atoms with Gasteiger partial charge in [0.25, 0.3) is 0 Å². The first kappa shape index (κ1) is 15.4. The van der Waals surface area contributed by atoms with Crippen LogP contribution in [0, 0.1) is 35.0 Å². The Kier molecular flexibility index (Phi) is 4.10. The van der Waals surface area contributed by atoms with Crippen molar-refractivity contribution in [3.63, 3.8) is 0 Å². The molecule has 3 aliphatic carbocycles. The van der Waals surface area contributed by atoms with E-state index in [0.717, 1.165) is 29.6 Å². The summed E-state index contributed by atoms with van der Waals surface area (Å²) in [4.78, 5) is 0. The van der Waals surface area contributed by atoms with Crippen molar-refractivity contribution in [1.29, 1.82) is 0 Å². The first-order chi connectivity index (χ1) is 10.0. The summed E-state index contributed by atoms with van der Waals surface area (Å²) in [5.41, 5.74) is 3.93. The number of rotatable bonds is 4. The third-order valence-electron chi connectivity index (χ3n) is 6.96. The highest BCUT2D eigenvalue weighted by atomic mass is 14.6. The lowest BCUT2D eigenvalue weighted by molar-refractivity contribution is 0.0596. The fourth-order valence-electron chi connectivity index (χ4n) is 5.66. The van der Waals surface area contributed by atoms with Gasteiger partial charge < -0.3 is 0 Å². The van der Waals surface area contributed by atoms with Gasteiger partial charge in [-0.05, 0) is 68.6 Å². The smallest absolute Gasteiger partial charge is 0.0155 e. The van der Waals surface area contributed by atoms with E-state index in [1.54, 1.807) is 5.57 Å². The maximum absolute atomic E-state index is 2.52. The molecule has 0 heterocycles. The normalized spacial score (nSPS) is 40.4. The molecule has 118 valence electrons. The molecule has 0 radical (unpaired) electrons. The van der Waals surface area contributed by atoms with Gasteiger partial charge in [-0.1, -0.05) is 57.4 Å². The summed E-state index contributed by atoms with van der Waals surface area (Å²) in [6.07, 6.45) is 13.6. The van der Waals surface area contributed by atoms with Gasteiger partial charge in [0.05, 0.1) is 0 Å². The molecule has 0 aromatic rings. The molecule has 21 heavy (non-hydrogen) atoms. The zero-order valence-corrected chi connectivity index (χ0v) is 14.8. The van der Waals surface area contributed by atoms with Crippen molar-refractivity contribution in [1.82, 2.24) is 0 Å². The van der Waals surface area contributed by atoms with E-state index in [-0.39, 0.29) is 0 Å². The standard InChI is InChI=1S/C21H34/c1-6-21(16(5)8-12-19(21)17-9-10-17)20-13-15(4)7-11-18(20)14(2)3/h8,12,14-15,17-18,20H,6-7,9-11,13H2,1-5H3/t15-,18+,20?,21-/m1/s1. The molecule has 0 spiro atoms. The molecule has 1 unspecified atom stereocenters. The molecule has 2 fully saturated rings. The van der Waals surface area contributed by atoms with Crippen molar-refractivity contribution in [3.8, 4) is 0 Å². The van der Waals surface area contributed by atoms with Crippen molar-refractivity contribution < 1.29 is 0 Å². The Balaban J connectivity index is 1.99. The second-order valence-corrected chi connectivity index (χ2v) is 8.50. The van der Waals surface area contributed by atoms with Crippen LogP contribution in [0.4, 0.5) is 0 Å². The second kappa shape index (κ2) is 5.60. The Labute approximate surface area is 132 Å². The molecule has 0 aromatic carbocycles. The summed E-state index contributed by atoms with van der Waals surface area (Å²) in [7, 11) is 0. The number of allylic oxidation sites excluding steroid dienone is 4. The lowest BCUT2D eigenvalue weighted by atomic mass is 9.54. The lowest BCUT2D eigenvalue weighted by Crippen LogP contribution is -2.42. The topological polar surface area (TPSA) is 0 Å². The molecule has 3 aliphatic rings. The van der Waals surface area contributed by atoms with Crippen LogP contribution in [0.2, 0.25) is 0 Å². The highest BCUT2D eigenvalue weighted by Gasteiger charge is 2.52. The monoisotopic (exact) mass is 286 g/mol. The quantitative estimate of drug-likeness (QED) is 0.562. The average Bonchev–Trinajstić information content (AvgIpc) is 3.22. The van der Waals surface area contributed by atoms with Gasteiger partial charge in [0.15, 0.2) is 0 Å². The van der Waals surface area contributed by atoms with Gasteiger partial charge >= 0.3 is 0 Å². The molecule has 0 heteroatoms. The van der Waals surface area contributed by atoms with Crippen LogP contribution in [0.1, 0.15) is 73.1 Å². The van der Waals surface area contributed by atoms with Crippen LogP contribution in [0.3, 0.4) is 0 Å². The third-order valence-corrected chi connectivity index (χ3v) is 6.96. The van der Waals surface area contributed by atoms with Crippen molar-refractivity contribution in [2.24, 2.45) is 35.0 Å². The minimum Gasteiger partial charge on any atom is -0.0642 e. The van der Waals surface area contributed by atoms with E-state index in [4.69, 9.17) is 0 Å². The average molecular weight is 287 g/mol. The van der Waals surface area contributed by atoms with E-state index >= 15 is 0 Å². The summed E-state index contributed by atoms with van der Waals surface area (Å²) in [6.45, 7) is 12.3. The maximum Gasteiger partial charge on any atom is 0.0155 e. The maximum atomic E-state index is 2.52. The van der Waals surface area contributed by atoms with Crippen LogP contribution >= 0.6 is 0 Å². The number of hydrogen-bond donors (Lipinski definition) is 0. The summed E-state index contributed by atoms with van der Waals surface area (Å²) in [5.74, 6) is 4.48.